The average molecular weight is 383 g/mol. The molecule has 7 N–H and O–H groups in total. The van der Waals surface area contributed by atoms with Crippen LogP contribution in [0.1, 0.15) is 46.0 Å². The Morgan fingerprint density at radius 1 is 1.15 bits per heavy atom. The number of aliphatic hydroxyl groups excluding tert-OH is 1. The lowest BCUT2D eigenvalue weighted by molar-refractivity contribution is 0.106. The number of alkyl halides is 1. The zero-order chi connectivity index (χ0) is 19.2. The third-order valence-corrected chi connectivity index (χ3v) is 5.53. The summed E-state index contributed by atoms with van der Waals surface area (Å²) in [6.07, 6.45) is 8.75. The van der Waals surface area contributed by atoms with Gasteiger partial charge in [-0.2, -0.15) is 0 Å². The van der Waals surface area contributed by atoms with Crippen molar-refractivity contribution in [3.63, 3.8) is 0 Å². The molecular weight excluding hydrogens is 347 g/mol. The molecule has 8 heteroatoms. The highest BCUT2D eigenvalue weighted by Gasteiger charge is 2.31. The van der Waals surface area contributed by atoms with Gasteiger partial charge in [0, 0.05) is 31.0 Å². The summed E-state index contributed by atoms with van der Waals surface area (Å²) in [5.74, 6) is 0. The zero-order valence-corrected chi connectivity index (χ0v) is 16.3. The first-order chi connectivity index (χ1) is 13.0. The van der Waals surface area contributed by atoms with Crippen LogP contribution in [0.3, 0.4) is 0 Å². The van der Waals surface area contributed by atoms with Crippen LogP contribution in [-0.2, 0) is 0 Å². The van der Waals surface area contributed by atoms with Gasteiger partial charge in [0.1, 0.15) is 12.4 Å². The molecule has 2 aliphatic heterocycles. The predicted molar refractivity (Wildman–Crippen MR) is 105 cm³/mol. The van der Waals surface area contributed by atoms with Crippen molar-refractivity contribution >= 4 is 0 Å². The van der Waals surface area contributed by atoms with E-state index in [9.17, 15) is 9.50 Å². The van der Waals surface area contributed by atoms with E-state index in [0.29, 0.717) is 12.8 Å². The van der Waals surface area contributed by atoms with Crippen molar-refractivity contribution in [1.82, 2.24) is 31.9 Å². The molecule has 7 atom stereocenters. The summed E-state index contributed by atoms with van der Waals surface area (Å²) >= 11 is 0. The number of aliphatic hydroxyl groups is 1. The van der Waals surface area contributed by atoms with Gasteiger partial charge in [-0.25, -0.2) is 4.39 Å². The zero-order valence-electron chi connectivity index (χ0n) is 16.3. The van der Waals surface area contributed by atoms with E-state index in [1.807, 2.05) is 12.4 Å². The minimum absolute atomic E-state index is 0.110. The number of nitrogens with one attached hydrogen (secondary N) is 6. The molecule has 154 valence electrons. The van der Waals surface area contributed by atoms with Gasteiger partial charge in [-0.05, 0) is 46.0 Å². The summed E-state index contributed by atoms with van der Waals surface area (Å²) in [6.45, 7) is 4.72. The van der Waals surface area contributed by atoms with Gasteiger partial charge < -0.3 is 15.7 Å². The van der Waals surface area contributed by atoms with Gasteiger partial charge in [0.25, 0.3) is 0 Å². The van der Waals surface area contributed by atoms with Gasteiger partial charge in [-0.1, -0.05) is 11.6 Å². The second-order valence-corrected chi connectivity index (χ2v) is 7.95. The molecular formula is C19H35FN6O. The minimum atomic E-state index is -0.687. The SMILES string of the molecule is CC(O)N[C@@H]1CC(N[C@@H](C)C2=CC[C@@H](F)CC2)N[C@H](N[C@H]2CNC=CN2)C1. The highest BCUT2D eigenvalue weighted by atomic mass is 19.1. The molecule has 1 aliphatic carbocycles. The van der Waals surface area contributed by atoms with Crippen LogP contribution in [0.2, 0.25) is 0 Å². The van der Waals surface area contributed by atoms with E-state index in [4.69, 9.17) is 0 Å². The molecule has 0 radical (unpaired) electrons. The maximum absolute atomic E-state index is 13.4. The number of hydrogen-bond acceptors (Lipinski definition) is 7. The normalized spacial score (nSPS) is 36.3. The van der Waals surface area contributed by atoms with E-state index in [2.05, 4.69) is 44.9 Å². The molecule has 27 heavy (non-hydrogen) atoms. The first-order valence-electron chi connectivity index (χ1n) is 10.2. The van der Waals surface area contributed by atoms with Crippen LogP contribution in [0, 0.1) is 0 Å². The fourth-order valence-electron chi connectivity index (χ4n) is 4.20. The highest BCUT2D eigenvalue weighted by molar-refractivity contribution is 5.14. The van der Waals surface area contributed by atoms with E-state index in [1.165, 1.54) is 5.57 Å². The van der Waals surface area contributed by atoms with E-state index in [1.54, 1.807) is 6.92 Å². The quantitative estimate of drug-likeness (QED) is 0.252. The molecule has 0 amide bonds. The van der Waals surface area contributed by atoms with Crippen molar-refractivity contribution in [2.24, 2.45) is 0 Å². The summed E-state index contributed by atoms with van der Waals surface area (Å²) in [7, 11) is 0. The maximum atomic E-state index is 13.4. The monoisotopic (exact) mass is 382 g/mol. The average Bonchev–Trinajstić information content (AvgIpc) is 2.62. The lowest BCUT2D eigenvalue weighted by Crippen LogP contribution is -2.66. The number of hydrogen-bond donors (Lipinski definition) is 7. The number of halogens is 1. The summed E-state index contributed by atoms with van der Waals surface area (Å²) in [6, 6.07) is 0.412. The van der Waals surface area contributed by atoms with Crippen LogP contribution in [0.15, 0.2) is 24.0 Å². The fraction of sp³-hybridized carbons (Fsp3) is 0.789. The largest absolute Gasteiger partial charge is 0.386 e. The Bertz CT molecular complexity index is 528. The van der Waals surface area contributed by atoms with Crippen molar-refractivity contribution in [2.75, 3.05) is 6.54 Å². The summed E-state index contributed by atoms with van der Waals surface area (Å²) in [5, 5.41) is 30.4. The van der Waals surface area contributed by atoms with E-state index in [-0.39, 0.29) is 30.6 Å². The molecule has 3 rings (SSSR count). The Kier molecular flexibility index (Phi) is 7.49. The van der Waals surface area contributed by atoms with Crippen LogP contribution in [0.25, 0.3) is 0 Å². The second-order valence-electron chi connectivity index (χ2n) is 7.95. The van der Waals surface area contributed by atoms with Gasteiger partial charge in [-0.3, -0.25) is 21.3 Å². The number of piperidine rings is 1. The molecule has 2 unspecified atom stereocenters. The van der Waals surface area contributed by atoms with E-state index >= 15 is 0 Å². The van der Waals surface area contributed by atoms with Gasteiger partial charge in [-0.15, -0.1) is 0 Å². The van der Waals surface area contributed by atoms with Gasteiger partial charge in [0.2, 0.25) is 0 Å². The minimum Gasteiger partial charge on any atom is -0.386 e. The van der Waals surface area contributed by atoms with Gasteiger partial charge >= 0.3 is 0 Å². The van der Waals surface area contributed by atoms with Gasteiger partial charge in [0.15, 0.2) is 0 Å². The van der Waals surface area contributed by atoms with Crippen molar-refractivity contribution < 1.29 is 9.50 Å². The Morgan fingerprint density at radius 3 is 2.63 bits per heavy atom. The third-order valence-electron chi connectivity index (χ3n) is 5.53. The first kappa shape index (κ1) is 20.5. The third kappa shape index (κ3) is 6.43. The summed E-state index contributed by atoms with van der Waals surface area (Å²) < 4.78 is 13.4. The molecule has 0 spiro atoms. The second kappa shape index (κ2) is 9.84. The Hall–Kier alpha value is -1.19. The molecule has 0 bridgehead atoms. The van der Waals surface area contributed by atoms with Crippen LogP contribution in [-0.4, -0.2) is 54.6 Å². The molecule has 0 aromatic heterocycles. The molecule has 0 saturated carbocycles. The number of rotatable bonds is 7. The van der Waals surface area contributed by atoms with Crippen molar-refractivity contribution in [3.05, 3.63) is 24.0 Å². The van der Waals surface area contributed by atoms with E-state index < -0.39 is 12.4 Å². The molecule has 2 heterocycles. The molecule has 0 aromatic carbocycles. The topological polar surface area (TPSA) is 92.4 Å². The molecule has 0 aromatic rings. The Morgan fingerprint density at radius 2 is 1.96 bits per heavy atom. The smallest absolute Gasteiger partial charge is 0.104 e. The Labute approximate surface area is 161 Å². The van der Waals surface area contributed by atoms with E-state index in [0.717, 1.165) is 25.8 Å². The summed E-state index contributed by atoms with van der Waals surface area (Å²) in [5.41, 5.74) is 1.30. The van der Waals surface area contributed by atoms with Crippen molar-refractivity contribution in [1.29, 1.82) is 0 Å². The van der Waals surface area contributed by atoms with Crippen LogP contribution >= 0.6 is 0 Å². The lowest BCUT2D eigenvalue weighted by Gasteiger charge is -2.41. The van der Waals surface area contributed by atoms with Crippen LogP contribution < -0.4 is 31.9 Å². The fourth-order valence-corrected chi connectivity index (χ4v) is 4.20. The Balaban J connectivity index is 1.57. The molecule has 1 saturated heterocycles. The summed E-state index contributed by atoms with van der Waals surface area (Å²) in [4.78, 5) is 0. The van der Waals surface area contributed by atoms with Crippen molar-refractivity contribution in [3.8, 4) is 0 Å². The first-order valence-corrected chi connectivity index (χ1v) is 10.2. The predicted octanol–water partition coefficient (Wildman–Crippen LogP) is 0.325. The highest BCUT2D eigenvalue weighted by Crippen LogP contribution is 2.23. The number of allylic oxidation sites excluding steroid dienone is 1. The maximum Gasteiger partial charge on any atom is 0.104 e. The van der Waals surface area contributed by atoms with Crippen LogP contribution in [0.5, 0.6) is 0 Å². The lowest BCUT2D eigenvalue weighted by atomic mass is 9.92. The molecule has 1 fully saturated rings. The van der Waals surface area contributed by atoms with Gasteiger partial charge in [0.05, 0.1) is 18.5 Å². The van der Waals surface area contributed by atoms with Crippen LogP contribution in [0.4, 0.5) is 4.39 Å². The molecule has 7 nitrogen and oxygen atoms in total. The van der Waals surface area contributed by atoms with Crippen molar-refractivity contribution in [2.45, 2.75) is 88.9 Å². The standard InChI is InChI=1S/C19H35FN6O/c1-12(14-3-5-15(20)6-4-14)23-17-9-16(24-13(2)27)10-18(25-17)26-19-11-21-7-8-22-19/h3,7-8,12-13,15-19,21-27H,4-6,9-11H2,1-2H3/t12-,13?,15+,16+,17?,18+,19-/m0/s1. The molecule has 3 aliphatic rings.